The van der Waals surface area contributed by atoms with E-state index in [2.05, 4.69) is 43.4 Å². The van der Waals surface area contributed by atoms with Gasteiger partial charge in [-0.25, -0.2) is 4.98 Å². The number of piperidine rings is 1. The summed E-state index contributed by atoms with van der Waals surface area (Å²) in [6.45, 7) is 6.71. The molecule has 2 N–H and O–H groups in total. The summed E-state index contributed by atoms with van der Waals surface area (Å²) in [7, 11) is 0. The Morgan fingerprint density at radius 3 is 2.56 bits per heavy atom. The van der Waals surface area contributed by atoms with Gasteiger partial charge in [-0.1, -0.05) is 18.2 Å². The Morgan fingerprint density at radius 2 is 1.85 bits per heavy atom. The smallest absolute Gasteiger partial charge is 0.279 e. The minimum absolute atomic E-state index is 0.105. The summed E-state index contributed by atoms with van der Waals surface area (Å²) < 4.78 is 1.27. The molecule has 0 unspecified atom stereocenters. The van der Waals surface area contributed by atoms with E-state index in [9.17, 15) is 4.79 Å². The van der Waals surface area contributed by atoms with Crippen LogP contribution in [0.1, 0.15) is 34.9 Å². The normalized spacial score (nSPS) is 19.9. The van der Waals surface area contributed by atoms with Gasteiger partial charge >= 0.3 is 0 Å². The molecule has 0 bridgehead atoms. The Labute approximate surface area is 164 Å². The number of quaternary nitrogens is 1. The summed E-state index contributed by atoms with van der Waals surface area (Å²) in [6.07, 6.45) is 2.21. The van der Waals surface area contributed by atoms with Crippen LogP contribution >= 0.6 is 11.3 Å². The Kier molecular flexibility index (Phi) is 5.23. The Hall–Kier alpha value is -2.24. The number of thiazole rings is 1. The van der Waals surface area contributed by atoms with Crippen LogP contribution < -0.4 is 10.2 Å². The van der Waals surface area contributed by atoms with E-state index in [1.807, 2.05) is 29.5 Å². The summed E-state index contributed by atoms with van der Waals surface area (Å²) in [5.41, 5.74) is 4.37. The number of benzene rings is 2. The molecule has 140 valence electrons. The van der Waals surface area contributed by atoms with Gasteiger partial charge in [0.25, 0.3) is 5.91 Å². The molecule has 3 aromatic rings. The van der Waals surface area contributed by atoms with E-state index >= 15 is 0 Å². The number of nitrogens with zero attached hydrogens (tertiary/aromatic N) is 1. The molecular formula is C22H26N3OS+. The van der Waals surface area contributed by atoms with Crippen molar-refractivity contribution < 1.29 is 9.69 Å². The Morgan fingerprint density at radius 1 is 1.15 bits per heavy atom. The molecule has 27 heavy (non-hydrogen) atoms. The van der Waals surface area contributed by atoms with Gasteiger partial charge in [-0.3, -0.25) is 4.79 Å². The number of carbonyl (C=O) groups is 1. The van der Waals surface area contributed by atoms with Crippen molar-refractivity contribution in [2.75, 3.05) is 25.0 Å². The highest BCUT2D eigenvalue weighted by molar-refractivity contribution is 7.18. The number of aryl methyl sites for hydroxylation is 2. The summed E-state index contributed by atoms with van der Waals surface area (Å²) in [5.74, 6) is 0.641. The van der Waals surface area contributed by atoms with E-state index in [0.717, 1.165) is 37.1 Å². The van der Waals surface area contributed by atoms with Gasteiger partial charge in [0.15, 0.2) is 6.54 Å². The highest BCUT2D eigenvalue weighted by Crippen LogP contribution is 2.31. The van der Waals surface area contributed by atoms with E-state index in [1.54, 1.807) is 0 Å². The van der Waals surface area contributed by atoms with Crippen LogP contribution in [0.3, 0.4) is 0 Å². The molecule has 1 amide bonds. The van der Waals surface area contributed by atoms with Gasteiger partial charge in [-0.15, -0.1) is 11.3 Å². The molecule has 1 aliphatic heterocycles. The second-order valence-corrected chi connectivity index (χ2v) is 8.71. The van der Waals surface area contributed by atoms with Crippen molar-refractivity contribution in [2.24, 2.45) is 0 Å². The van der Waals surface area contributed by atoms with E-state index in [4.69, 9.17) is 4.98 Å². The zero-order chi connectivity index (χ0) is 18.8. The van der Waals surface area contributed by atoms with Gasteiger partial charge in [0.1, 0.15) is 0 Å². The fraction of sp³-hybridized carbons (Fsp3) is 0.364. The van der Waals surface area contributed by atoms with Crippen molar-refractivity contribution in [1.29, 1.82) is 0 Å². The zero-order valence-electron chi connectivity index (χ0n) is 15.9. The molecule has 0 aliphatic carbocycles. The Bertz CT molecular complexity index is 904. The van der Waals surface area contributed by atoms with Gasteiger partial charge in [0.05, 0.1) is 28.3 Å². The van der Waals surface area contributed by atoms with Gasteiger partial charge in [-0.05, 0) is 49.2 Å². The van der Waals surface area contributed by atoms with E-state index in [-0.39, 0.29) is 5.91 Å². The lowest BCUT2D eigenvalue weighted by Crippen LogP contribution is -3.14. The number of carbonyl (C=O) groups excluding carboxylic acids is 1. The van der Waals surface area contributed by atoms with Crippen LogP contribution in [0.5, 0.6) is 0 Å². The third kappa shape index (κ3) is 4.37. The van der Waals surface area contributed by atoms with Crippen molar-refractivity contribution in [3.8, 4) is 0 Å². The predicted molar refractivity (Wildman–Crippen MR) is 112 cm³/mol. The molecule has 4 rings (SSSR count). The van der Waals surface area contributed by atoms with Crippen LogP contribution in [0.2, 0.25) is 0 Å². The van der Waals surface area contributed by atoms with Crippen LogP contribution in [0.4, 0.5) is 5.69 Å². The fourth-order valence-electron chi connectivity index (χ4n) is 3.99. The van der Waals surface area contributed by atoms with Gasteiger partial charge in [0, 0.05) is 24.4 Å². The summed E-state index contributed by atoms with van der Waals surface area (Å²) >= 11 is 1.82. The lowest BCUT2D eigenvalue weighted by Gasteiger charge is -2.27. The first kappa shape index (κ1) is 18.1. The van der Waals surface area contributed by atoms with E-state index in [1.165, 1.54) is 25.7 Å². The number of aromatic nitrogens is 1. The number of hydrogen-bond donors (Lipinski definition) is 2. The number of anilines is 1. The minimum Gasteiger partial charge on any atom is -0.327 e. The first-order valence-electron chi connectivity index (χ1n) is 9.64. The molecule has 1 aliphatic rings. The number of rotatable bonds is 4. The molecule has 2 aromatic carbocycles. The molecule has 1 fully saturated rings. The molecule has 1 aromatic heterocycles. The lowest BCUT2D eigenvalue weighted by molar-refractivity contribution is -0.897. The molecule has 1 saturated heterocycles. The predicted octanol–water partition coefficient (Wildman–Crippen LogP) is 3.31. The highest BCUT2D eigenvalue weighted by atomic mass is 32.1. The Balaban J connectivity index is 1.31. The summed E-state index contributed by atoms with van der Waals surface area (Å²) in [5, 5.41) is 4.32. The maximum absolute atomic E-state index is 12.4. The third-order valence-electron chi connectivity index (χ3n) is 5.27. The number of para-hydroxylation sites is 1. The molecule has 0 saturated carbocycles. The standard InChI is InChI=1S/C22H25N3OS/c1-15-11-16(2)13-18(12-15)23-21(26)14-25-9-7-17(8-10-25)22-24-19-5-3-4-6-20(19)27-22/h3-6,11-13,17H,7-10,14H2,1-2H3,(H,23,26)/p+1. The van der Waals surface area contributed by atoms with Crippen molar-refractivity contribution in [1.82, 2.24) is 4.98 Å². The first-order valence-corrected chi connectivity index (χ1v) is 10.5. The molecule has 0 radical (unpaired) electrons. The van der Waals surface area contributed by atoms with Gasteiger partial charge in [-0.2, -0.15) is 0 Å². The van der Waals surface area contributed by atoms with Crippen LogP contribution in [0.25, 0.3) is 10.2 Å². The number of nitrogens with one attached hydrogen (secondary N) is 2. The fourth-order valence-corrected chi connectivity index (χ4v) is 5.13. The molecule has 5 heteroatoms. The van der Waals surface area contributed by atoms with E-state index < -0.39 is 0 Å². The second kappa shape index (κ2) is 7.79. The number of likely N-dealkylation sites (tertiary alicyclic amines) is 1. The number of amides is 1. The van der Waals surface area contributed by atoms with Crippen LogP contribution in [-0.4, -0.2) is 30.5 Å². The number of fused-ring (bicyclic) bond motifs is 1. The SMILES string of the molecule is Cc1cc(C)cc(NC(=O)C[NH+]2CCC(c3nc4ccccc4s3)CC2)c1. The van der Waals surface area contributed by atoms with Crippen molar-refractivity contribution in [3.63, 3.8) is 0 Å². The minimum atomic E-state index is 0.105. The molecular weight excluding hydrogens is 354 g/mol. The average Bonchev–Trinajstić information content (AvgIpc) is 3.05. The largest absolute Gasteiger partial charge is 0.327 e. The third-order valence-corrected chi connectivity index (χ3v) is 6.47. The second-order valence-electron chi connectivity index (χ2n) is 7.65. The van der Waals surface area contributed by atoms with Crippen molar-refractivity contribution >= 4 is 33.1 Å². The summed E-state index contributed by atoms with van der Waals surface area (Å²) in [6, 6.07) is 14.5. The monoisotopic (exact) mass is 380 g/mol. The molecule has 4 nitrogen and oxygen atoms in total. The van der Waals surface area contributed by atoms with Gasteiger partial charge < -0.3 is 10.2 Å². The number of hydrogen-bond acceptors (Lipinski definition) is 3. The molecule has 0 atom stereocenters. The summed E-state index contributed by atoms with van der Waals surface area (Å²) in [4.78, 5) is 18.6. The van der Waals surface area contributed by atoms with Gasteiger partial charge in [0.2, 0.25) is 0 Å². The highest BCUT2D eigenvalue weighted by Gasteiger charge is 2.27. The van der Waals surface area contributed by atoms with Crippen LogP contribution in [0.15, 0.2) is 42.5 Å². The van der Waals surface area contributed by atoms with Crippen molar-refractivity contribution in [2.45, 2.75) is 32.6 Å². The maximum atomic E-state index is 12.4. The molecule has 0 spiro atoms. The van der Waals surface area contributed by atoms with Crippen LogP contribution in [0, 0.1) is 13.8 Å². The zero-order valence-corrected chi connectivity index (χ0v) is 16.7. The van der Waals surface area contributed by atoms with Crippen LogP contribution in [-0.2, 0) is 4.79 Å². The lowest BCUT2D eigenvalue weighted by atomic mass is 9.97. The average molecular weight is 381 g/mol. The quantitative estimate of drug-likeness (QED) is 0.729. The van der Waals surface area contributed by atoms with E-state index in [0.29, 0.717) is 12.5 Å². The van der Waals surface area contributed by atoms with Crippen molar-refractivity contribution in [3.05, 3.63) is 58.6 Å². The molecule has 2 heterocycles. The first-order chi connectivity index (χ1) is 13.1. The maximum Gasteiger partial charge on any atom is 0.279 e. The topological polar surface area (TPSA) is 46.4 Å².